The second-order valence-electron chi connectivity index (χ2n) is 4.18. The molecule has 2 aromatic rings. The second-order valence-corrected chi connectivity index (χ2v) is 8.41. The quantitative estimate of drug-likeness (QED) is 0.846. The number of aromatic nitrogens is 2. The van der Waals surface area contributed by atoms with E-state index in [0.717, 1.165) is 22.0 Å². The van der Waals surface area contributed by atoms with E-state index in [1.165, 1.54) is 22.7 Å². The number of nitrogens with zero attached hydrogens (tertiary/aromatic N) is 2. The van der Waals surface area contributed by atoms with E-state index in [1.54, 1.807) is 13.0 Å². The van der Waals surface area contributed by atoms with Crippen LogP contribution in [-0.2, 0) is 16.6 Å². The number of thiophene rings is 1. The molecule has 0 aliphatic heterocycles. The molecule has 0 saturated carbocycles. The van der Waals surface area contributed by atoms with Crippen molar-refractivity contribution >= 4 is 37.8 Å². The van der Waals surface area contributed by atoms with E-state index in [9.17, 15) is 8.42 Å². The maximum atomic E-state index is 12.3. The van der Waals surface area contributed by atoms with Crippen LogP contribution in [0.5, 0.6) is 0 Å². The van der Waals surface area contributed by atoms with Gasteiger partial charge in [0.05, 0.1) is 0 Å². The lowest BCUT2D eigenvalue weighted by Crippen LogP contribution is -2.11. The molecular weight excluding hydrogens is 316 g/mol. The van der Waals surface area contributed by atoms with Crippen LogP contribution in [0.1, 0.15) is 22.4 Å². The standard InChI is InChI=1S/C11H16N4O2S3/c1-4-12-6-9-7(2)5-10(19-9)20(16,17)15-11-14-13-8(3)18-11/h5,12H,4,6H2,1-3H3,(H,14,15). The summed E-state index contributed by atoms with van der Waals surface area (Å²) in [4.78, 5) is 1.03. The van der Waals surface area contributed by atoms with E-state index in [-0.39, 0.29) is 0 Å². The van der Waals surface area contributed by atoms with Crippen LogP contribution in [0.4, 0.5) is 5.13 Å². The van der Waals surface area contributed by atoms with Gasteiger partial charge in [-0.1, -0.05) is 18.3 Å². The molecule has 6 nitrogen and oxygen atoms in total. The molecule has 20 heavy (non-hydrogen) atoms. The molecule has 9 heteroatoms. The smallest absolute Gasteiger partial charge is 0.273 e. The first-order chi connectivity index (χ1) is 9.42. The molecule has 2 heterocycles. The summed E-state index contributed by atoms with van der Waals surface area (Å²) in [6, 6.07) is 1.69. The van der Waals surface area contributed by atoms with Crippen molar-refractivity contribution in [1.29, 1.82) is 0 Å². The minimum atomic E-state index is -3.58. The molecule has 2 aromatic heterocycles. The predicted molar refractivity (Wildman–Crippen MR) is 81.9 cm³/mol. The number of hydrogen-bond acceptors (Lipinski definition) is 7. The lowest BCUT2D eigenvalue weighted by atomic mass is 10.3. The molecule has 0 saturated heterocycles. The van der Waals surface area contributed by atoms with Crippen LogP contribution < -0.4 is 10.0 Å². The first kappa shape index (κ1) is 15.4. The van der Waals surface area contributed by atoms with Crippen molar-refractivity contribution in [2.24, 2.45) is 0 Å². The Morgan fingerprint density at radius 1 is 1.25 bits per heavy atom. The fourth-order valence-corrected chi connectivity index (χ4v) is 4.92. The molecule has 0 radical (unpaired) electrons. The van der Waals surface area contributed by atoms with E-state index < -0.39 is 10.0 Å². The zero-order chi connectivity index (χ0) is 14.8. The summed E-state index contributed by atoms with van der Waals surface area (Å²) in [5, 5.41) is 11.8. The largest absolute Gasteiger partial charge is 0.312 e. The van der Waals surface area contributed by atoms with Crippen molar-refractivity contribution in [1.82, 2.24) is 15.5 Å². The maximum absolute atomic E-state index is 12.3. The third-order valence-electron chi connectivity index (χ3n) is 2.55. The van der Waals surface area contributed by atoms with Gasteiger partial charge in [-0.15, -0.1) is 21.5 Å². The third kappa shape index (κ3) is 3.54. The molecule has 0 aliphatic rings. The van der Waals surface area contributed by atoms with Gasteiger partial charge in [0.2, 0.25) is 5.13 Å². The van der Waals surface area contributed by atoms with Gasteiger partial charge in [0.1, 0.15) is 9.22 Å². The summed E-state index contributed by atoms with van der Waals surface area (Å²) in [5.74, 6) is 0. The van der Waals surface area contributed by atoms with E-state index in [0.29, 0.717) is 15.9 Å². The van der Waals surface area contributed by atoms with Crippen molar-refractivity contribution in [2.45, 2.75) is 31.5 Å². The van der Waals surface area contributed by atoms with E-state index >= 15 is 0 Å². The second kappa shape index (κ2) is 6.17. The Hall–Kier alpha value is -1.03. The zero-order valence-corrected chi connectivity index (χ0v) is 13.9. The molecule has 0 atom stereocenters. The van der Waals surface area contributed by atoms with Crippen LogP contribution in [0.2, 0.25) is 0 Å². The molecule has 0 aliphatic carbocycles. The monoisotopic (exact) mass is 332 g/mol. The lowest BCUT2D eigenvalue weighted by Gasteiger charge is -2.01. The highest BCUT2D eigenvalue weighted by atomic mass is 32.2. The molecule has 0 spiro atoms. The number of sulfonamides is 1. The van der Waals surface area contributed by atoms with Crippen molar-refractivity contribution < 1.29 is 8.42 Å². The maximum Gasteiger partial charge on any atom is 0.273 e. The summed E-state index contributed by atoms with van der Waals surface area (Å²) in [6.07, 6.45) is 0. The minimum absolute atomic E-state index is 0.293. The Kier molecular flexibility index (Phi) is 4.74. The van der Waals surface area contributed by atoms with E-state index in [1.807, 2.05) is 13.8 Å². The Balaban J connectivity index is 2.21. The number of anilines is 1. The molecule has 0 unspecified atom stereocenters. The van der Waals surface area contributed by atoms with Crippen LogP contribution >= 0.6 is 22.7 Å². The van der Waals surface area contributed by atoms with Crippen LogP contribution in [0.3, 0.4) is 0 Å². The van der Waals surface area contributed by atoms with Crippen molar-refractivity contribution in [3.05, 3.63) is 21.5 Å². The average Bonchev–Trinajstić information content (AvgIpc) is 2.93. The number of nitrogens with one attached hydrogen (secondary N) is 2. The predicted octanol–water partition coefficient (Wildman–Crippen LogP) is 2.13. The first-order valence-electron chi connectivity index (χ1n) is 6.05. The highest BCUT2D eigenvalue weighted by molar-refractivity contribution is 7.94. The molecule has 2 rings (SSSR count). The van der Waals surface area contributed by atoms with Gasteiger partial charge in [-0.2, -0.15) is 0 Å². The van der Waals surface area contributed by atoms with Crippen molar-refractivity contribution in [3.63, 3.8) is 0 Å². The summed E-state index contributed by atoms with van der Waals surface area (Å²) < 4.78 is 27.3. The molecule has 2 N–H and O–H groups in total. The number of aryl methyl sites for hydroxylation is 2. The van der Waals surface area contributed by atoms with E-state index in [4.69, 9.17) is 0 Å². The van der Waals surface area contributed by atoms with Gasteiger partial charge in [0.25, 0.3) is 10.0 Å². The van der Waals surface area contributed by atoms with Crippen molar-refractivity contribution in [3.8, 4) is 0 Å². The van der Waals surface area contributed by atoms with Gasteiger partial charge < -0.3 is 5.32 Å². The van der Waals surface area contributed by atoms with Gasteiger partial charge >= 0.3 is 0 Å². The van der Waals surface area contributed by atoms with Crippen molar-refractivity contribution in [2.75, 3.05) is 11.3 Å². The van der Waals surface area contributed by atoms with E-state index in [2.05, 4.69) is 20.2 Å². The van der Waals surface area contributed by atoms with Crippen LogP contribution in [-0.4, -0.2) is 25.2 Å². The first-order valence-corrected chi connectivity index (χ1v) is 9.17. The highest BCUT2D eigenvalue weighted by Crippen LogP contribution is 2.28. The normalized spacial score (nSPS) is 11.8. The minimum Gasteiger partial charge on any atom is -0.312 e. The van der Waals surface area contributed by atoms with Gasteiger partial charge in [0.15, 0.2) is 0 Å². The van der Waals surface area contributed by atoms with Gasteiger partial charge in [-0.05, 0) is 32.0 Å². The Morgan fingerprint density at radius 2 is 2.00 bits per heavy atom. The Morgan fingerprint density at radius 3 is 2.60 bits per heavy atom. The SMILES string of the molecule is CCNCc1sc(S(=O)(=O)Nc2nnc(C)s2)cc1C. The van der Waals surface area contributed by atoms with Crippen LogP contribution in [0.25, 0.3) is 0 Å². The molecule has 0 fully saturated rings. The molecular formula is C11H16N4O2S3. The Labute approximate surface area is 126 Å². The number of rotatable bonds is 6. The zero-order valence-electron chi connectivity index (χ0n) is 11.4. The fourth-order valence-electron chi connectivity index (χ4n) is 1.54. The fraction of sp³-hybridized carbons (Fsp3) is 0.455. The summed E-state index contributed by atoms with van der Waals surface area (Å²) in [7, 11) is -3.58. The average molecular weight is 332 g/mol. The molecule has 0 amide bonds. The Bertz CT molecular complexity index is 690. The summed E-state index contributed by atoms with van der Waals surface area (Å²) in [6.45, 7) is 7.23. The molecule has 110 valence electrons. The topological polar surface area (TPSA) is 84.0 Å². The lowest BCUT2D eigenvalue weighted by molar-refractivity contribution is 0.603. The summed E-state index contributed by atoms with van der Waals surface area (Å²) in [5.41, 5.74) is 0.977. The van der Waals surface area contributed by atoms with Gasteiger partial charge in [0, 0.05) is 11.4 Å². The molecule has 0 aromatic carbocycles. The number of hydrogen-bond donors (Lipinski definition) is 2. The highest BCUT2D eigenvalue weighted by Gasteiger charge is 2.20. The van der Waals surface area contributed by atoms with Crippen LogP contribution in [0.15, 0.2) is 10.3 Å². The van der Waals surface area contributed by atoms with Crippen LogP contribution in [0, 0.1) is 13.8 Å². The molecule has 0 bridgehead atoms. The summed E-state index contributed by atoms with van der Waals surface area (Å²) >= 11 is 2.49. The van der Waals surface area contributed by atoms with Gasteiger partial charge in [-0.3, -0.25) is 4.72 Å². The third-order valence-corrected chi connectivity index (χ3v) is 6.48. The van der Waals surface area contributed by atoms with Gasteiger partial charge in [-0.25, -0.2) is 8.42 Å².